The van der Waals surface area contributed by atoms with Crippen molar-refractivity contribution in [2.75, 3.05) is 49.2 Å². The Labute approximate surface area is 226 Å². The van der Waals surface area contributed by atoms with Gasteiger partial charge in [0.25, 0.3) is 0 Å². The third kappa shape index (κ3) is 7.52. The Morgan fingerprint density at radius 3 is 1.34 bits per heavy atom. The number of carbonyl (C=O) groups is 2. The van der Waals surface area contributed by atoms with E-state index in [0.717, 1.165) is 0 Å². The van der Waals surface area contributed by atoms with Crippen LogP contribution in [0.5, 0.6) is 0 Å². The topological polar surface area (TPSA) is 81.2 Å². The van der Waals surface area contributed by atoms with E-state index in [2.05, 4.69) is 0 Å². The molecule has 0 aromatic carbocycles. The SMILES string of the molecule is CCN1CC(=S)N(C(C)(C)CCS(=O)CCCS(=O)CCC(C)(C)N2C(=O)N(CC)CC2=S)C1=O. The Morgan fingerprint density at radius 1 is 0.714 bits per heavy atom. The van der Waals surface area contributed by atoms with Crippen molar-refractivity contribution in [3.8, 4) is 0 Å². The van der Waals surface area contributed by atoms with Crippen molar-refractivity contribution >= 4 is 68.1 Å². The molecule has 0 radical (unpaired) electrons. The second-order valence-corrected chi connectivity index (χ2v) is 14.6. The van der Waals surface area contributed by atoms with Crippen molar-refractivity contribution in [1.82, 2.24) is 19.6 Å². The van der Waals surface area contributed by atoms with Crippen molar-refractivity contribution in [3.05, 3.63) is 0 Å². The van der Waals surface area contributed by atoms with Crippen LogP contribution in [0.4, 0.5) is 9.59 Å². The van der Waals surface area contributed by atoms with Gasteiger partial charge in [-0.25, -0.2) is 9.59 Å². The lowest BCUT2D eigenvalue weighted by molar-refractivity contribution is 0.167. The smallest absolute Gasteiger partial charge is 0.318 e. The first-order valence-corrected chi connectivity index (χ1v) is 16.0. The average molecular weight is 565 g/mol. The molecule has 2 heterocycles. The van der Waals surface area contributed by atoms with Gasteiger partial charge in [-0.1, -0.05) is 24.4 Å². The molecule has 8 nitrogen and oxygen atoms in total. The van der Waals surface area contributed by atoms with E-state index >= 15 is 0 Å². The minimum atomic E-state index is -1.06. The van der Waals surface area contributed by atoms with Gasteiger partial charge in [0, 0.05) is 68.8 Å². The summed E-state index contributed by atoms with van der Waals surface area (Å²) in [5.41, 5.74) is -0.994. The van der Waals surface area contributed by atoms with E-state index in [1.54, 1.807) is 19.6 Å². The number of hydrogen-bond acceptors (Lipinski definition) is 6. The van der Waals surface area contributed by atoms with Crippen molar-refractivity contribution in [2.45, 2.75) is 71.9 Å². The van der Waals surface area contributed by atoms with Gasteiger partial charge in [-0.15, -0.1) is 0 Å². The summed E-state index contributed by atoms with van der Waals surface area (Å²) >= 11 is 10.8. The van der Waals surface area contributed by atoms with Gasteiger partial charge in [0.2, 0.25) is 0 Å². The zero-order chi connectivity index (χ0) is 26.6. The number of nitrogens with zero attached hydrogens (tertiary/aromatic N) is 4. The highest BCUT2D eigenvalue weighted by molar-refractivity contribution is 7.85. The maximum absolute atomic E-state index is 12.6. The monoisotopic (exact) mass is 564 g/mol. The van der Waals surface area contributed by atoms with Crippen LogP contribution in [-0.2, 0) is 21.6 Å². The minimum Gasteiger partial charge on any atom is -0.318 e. The van der Waals surface area contributed by atoms with Crippen LogP contribution < -0.4 is 0 Å². The zero-order valence-corrected chi connectivity index (χ0v) is 25.1. The van der Waals surface area contributed by atoms with Gasteiger partial charge in [0.05, 0.1) is 13.1 Å². The normalized spacial score (nSPS) is 19.4. The van der Waals surface area contributed by atoms with E-state index in [1.807, 2.05) is 41.5 Å². The summed E-state index contributed by atoms with van der Waals surface area (Å²) in [4.78, 5) is 33.2. The first kappa shape index (κ1) is 30.2. The average Bonchev–Trinajstić information content (AvgIpc) is 3.24. The van der Waals surface area contributed by atoms with Crippen LogP contribution in [0.25, 0.3) is 0 Å². The number of thiocarbonyl (C=S) groups is 2. The minimum absolute atomic E-state index is 0.0783. The third-order valence-corrected chi connectivity index (χ3v) is 10.1. The Kier molecular flexibility index (Phi) is 10.8. The Hall–Kier alpha value is -0.980. The van der Waals surface area contributed by atoms with Crippen molar-refractivity contribution in [3.63, 3.8) is 0 Å². The summed E-state index contributed by atoms with van der Waals surface area (Å²) < 4.78 is 25.2. The number of likely N-dealkylation sites (N-methyl/N-ethyl adjacent to an activating group) is 2. The second-order valence-electron chi connectivity index (χ2n) is 10.2. The van der Waals surface area contributed by atoms with Crippen LogP contribution in [0, 0.1) is 0 Å². The molecule has 2 saturated heterocycles. The van der Waals surface area contributed by atoms with Gasteiger partial charge >= 0.3 is 12.1 Å². The zero-order valence-electron chi connectivity index (χ0n) is 21.8. The first-order chi connectivity index (χ1) is 16.2. The highest BCUT2D eigenvalue weighted by atomic mass is 32.2. The molecule has 0 saturated carbocycles. The molecule has 2 aliphatic heterocycles. The van der Waals surface area contributed by atoms with Crippen LogP contribution in [0.2, 0.25) is 0 Å². The van der Waals surface area contributed by atoms with Gasteiger partial charge in [0.1, 0.15) is 9.98 Å². The van der Waals surface area contributed by atoms with Gasteiger partial charge in [-0.3, -0.25) is 18.2 Å². The molecule has 2 fully saturated rings. The van der Waals surface area contributed by atoms with Gasteiger partial charge in [-0.05, 0) is 60.8 Å². The predicted octanol–water partition coefficient (Wildman–Crippen LogP) is 3.38. The largest absolute Gasteiger partial charge is 0.325 e. The summed E-state index contributed by atoms with van der Waals surface area (Å²) in [6, 6.07) is -0.157. The molecule has 2 unspecified atom stereocenters. The molecule has 0 N–H and O–H groups in total. The van der Waals surface area contributed by atoms with Gasteiger partial charge < -0.3 is 9.80 Å². The van der Waals surface area contributed by atoms with Crippen LogP contribution in [0.3, 0.4) is 0 Å². The van der Waals surface area contributed by atoms with E-state index in [0.29, 0.717) is 78.4 Å². The molecular formula is C23H40N4O4S4. The number of amides is 4. The maximum atomic E-state index is 12.6. The fourth-order valence-corrected chi connectivity index (χ4v) is 8.26. The van der Waals surface area contributed by atoms with Crippen LogP contribution in [0.1, 0.15) is 60.8 Å². The van der Waals surface area contributed by atoms with E-state index < -0.39 is 32.7 Å². The van der Waals surface area contributed by atoms with Crippen LogP contribution in [-0.4, -0.2) is 110 Å². The predicted molar refractivity (Wildman–Crippen MR) is 152 cm³/mol. The molecule has 0 spiro atoms. The summed E-state index contributed by atoms with van der Waals surface area (Å²) in [7, 11) is -2.12. The fraction of sp³-hybridized carbons (Fsp3) is 0.826. The molecule has 2 aliphatic rings. The Balaban J connectivity index is 1.74. The number of hydrogen-bond donors (Lipinski definition) is 0. The Bertz CT molecular complexity index is 823. The van der Waals surface area contributed by atoms with E-state index in [-0.39, 0.29) is 12.1 Å². The standard InChI is InChI=1S/C23H40N4O4S4/c1-7-24-16-18(32)26(20(24)28)22(3,4)10-14-34(30)12-9-13-35(31)15-11-23(5,6)27-19(33)17-25(8-2)21(27)29/h7-17H2,1-6H3. The van der Waals surface area contributed by atoms with Crippen molar-refractivity contribution < 1.29 is 18.0 Å². The van der Waals surface area contributed by atoms with Gasteiger partial charge in [0.15, 0.2) is 0 Å². The molecule has 0 aromatic heterocycles. The lowest BCUT2D eigenvalue weighted by Crippen LogP contribution is -2.48. The molecule has 2 rings (SSSR count). The Morgan fingerprint density at radius 2 is 1.06 bits per heavy atom. The van der Waals surface area contributed by atoms with Crippen molar-refractivity contribution in [2.24, 2.45) is 0 Å². The molecule has 0 aliphatic carbocycles. The lowest BCUT2D eigenvalue weighted by Gasteiger charge is -2.35. The lowest BCUT2D eigenvalue weighted by atomic mass is 10.00. The highest BCUT2D eigenvalue weighted by Crippen LogP contribution is 2.27. The van der Waals surface area contributed by atoms with E-state index in [4.69, 9.17) is 24.4 Å². The molecule has 0 aromatic rings. The molecule has 4 amide bonds. The second kappa shape index (κ2) is 12.5. The van der Waals surface area contributed by atoms with E-state index in [1.165, 1.54) is 0 Å². The maximum Gasteiger partial charge on any atom is 0.325 e. The number of carbonyl (C=O) groups excluding carboxylic acids is 2. The van der Waals surface area contributed by atoms with Gasteiger partial charge in [-0.2, -0.15) is 0 Å². The molecular weight excluding hydrogens is 525 g/mol. The fourth-order valence-electron chi connectivity index (χ4n) is 4.32. The number of urea groups is 2. The van der Waals surface area contributed by atoms with E-state index in [9.17, 15) is 18.0 Å². The summed E-state index contributed by atoms with van der Waals surface area (Å²) in [5.74, 6) is 1.89. The first-order valence-electron chi connectivity index (χ1n) is 12.2. The third-order valence-electron chi connectivity index (χ3n) is 6.68. The highest BCUT2D eigenvalue weighted by Gasteiger charge is 2.42. The summed E-state index contributed by atoms with van der Waals surface area (Å²) in [6.45, 7) is 13.9. The number of rotatable bonds is 14. The molecule has 0 bridgehead atoms. The quantitative estimate of drug-likeness (QED) is 0.301. The van der Waals surface area contributed by atoms with Crippen LogP contribution >= 0.6 is 24.4 Å². The molecule has 35 heavy (non-hydrogen) atoms. The summed E-state index contributed by atoms with van der Waals surface area (Å²) in [6.07, 6.45) is 1.77. The van der Waals surface area contributed by atoms with Crippen LogP contribution in [0.15, 0.2) is 0 Å². The summed E-state index contributed by atoms with van der Waals surface area (Å²) in [5, 5.41) is 0. The molecule has 200 valence electrons. The molecule has 2 atom stereocenters. The molecule has 12 heteroatoms. The van der Waals surface area contributed by atoms with Crippen molar-refractivity contribution in [1.29, 1.82) is 0 Å².